The van der Waals surface area contributed by atoms with E-state index in [1.165, 1.54) is 19.3 Å². The molecule has 0 aliphatic carbocycles. The highest BCUT2D eigenvalue weighted by Gasteiger charge is 2.26. The molecule has 1 aliphatic rings. The monoisotopic (exact) mass is 256 g/mol. The van der Waals surface area contributed by atoms with Gasteiger partial charge in [0.25, 0.3) is 0 Å². The van der Waals surface area contributed by atoms with Crippen molar-refractivity contribution < 1.29 is 0 Å². The summed E-state index contributed by atoms with van der Waals surface area (Å²) in [7, 11) is 4.00. The van der Waals surface area contributed by atoms with Gasteiger partial charge in [-0.05, 0) is 33.0 Å². The van der Waals surface area contributed by atoms with Crippen LogP contribution >= 0.6 is 11.6 Å². The fourth-order valence-electron chi connectivity index (χ4n) is 2.61. The van der Waals surface area contributed by atoms with Gasteiger partial charge in [-0.1, -0.05) is 18.0 Å². The van der Waals surface area contributed by atoms with E-state index in [0.29, 0.717) is 11.2 Å². The van der Waals surface area contributed by atoms with Gasteiger partial charge in [-0.2, -0.15) is 0 Å². The normalized spacial score (nSPS) is 19.5. The Balaban J connectivity index is 2.21. The zero-order chi connectivity index (χ0) is 12.3. The first-order valence-corrected chi connectivity index (χ1v) is 6.67. The maximum atomic E-state index is 6.21. The van der Waals surface area contributed by atoms with Gasteiger partial charge in [0.2, 0.25) is 0 Å². The van der Waals surface area contributed by atoms with Crippen molar-refractivity contribution in [1.82, 2.24) is 19.8 Å². The third kappa shape index (κ3) is 2.81. The number of hydrogen-bond donors (Lipinski definition) is 1. The Labute approximate surface area is 108 Å². The predicted molar refractivity (Wildman–Crippen MR) is 70.3 cm³/mol. The lowest BCUT2D eigenvalue weighted by Crippen LogP contribution is -2.39. The van der Waals surface area contributed by atoms with E-state index in [1.54, 1.807) is 6.33 Å². The summed E-state index contributed by atoms with van der Waals surface area (Å²) in [5, 5.41) is 3.90. The molecule has 0 spiro atoms. The maximum Gasteiger partial charge on any atom is 0.151 e. The van der Waals surface area contributed by atoms with Gasteiger partial charge >= 0.3 is 0 Å². The molecule has 2 heterocycles. The number of aromatic nitrogens is 2. The largest absolute Gasteiger partial charge is 0.335 e. The minimum atomic E-state index is 0.334. The first kappa shape index (κ1) is 12.9. The minimum Gasteiger partial charge on any atom is -0.335 e. The molecule has 0 aromatic carbocycles. The Morgan fingerprint density at radius 2 is 2.12 bits per heavy atom. The Kier molecular flexibility index (Phi) is 4.42. The Morgan fingerprint density at radius 3 is 2.65 bits per heavy atom. The molecule has 1 saturated heterocycles. The van der Waals surface area contributed by atoms with Crippen LogP contribution in [0.5, 0.6) is 0 Å². The molecule has 0 amide bonds. The number of nitrogens with one attached hydrogen (secondary N) is 1. The number of aryl methyl sites for hydroxylation is 1. The van der Waals surface area contributed by atoms with Crippen LogP contribution < -0.4 is 5.32 Å². The number of piperidine rings is 1. The molecule has 0 bridgehead atoms. The van der Waals surface area contributed by atoms with Crippen LogP contribution in [-0.2, 0) is 7.05 Å². The molecule has 1 aliphatic heterocycles. The first-order valence-electron chi connectivity index (χ1n) is 6.29. The van der Waals surface area contributed by atoms with Crippen molar-refractivity contribution >= 4 is 11.6 Å². The molecular weight excluding hydrogens is 236 g/mol. The van der Waals surface area contributed by atoms with E-state index in [-0.39, 0.29) is 0 Å². The van der Waals surface area contributed by atoms with Gasteiger partial charge in [0, 0.05) is 13.6 Å². The molecule has 2 rings (SSSR count). The van der Waals surface area contributed by atoms with Crippen LogP contribution in [0.1, 0.15) is 31.0 Å². The quantitative estimate of drug-likeness (QED) is 0.892. The number of likely N-dealkylation sites (tertiary alicyclic amines) is 1. The van der Waals surface area contributed by atoms with E-state index in [9.17, 15) is 0 Å². The summed E-state index contributed by atoms with van der Waals surface area (Å²) in [6, 6.07) is 0.334. The van der Waals surface area contributed by atoms with Gasteiger partial charge in [0.1, 0.15) is 0 Å². The van der Waals surface area contributed by atoms with Gasteiger partial charge in [-0.15, -0.1) is 0 Å². The van der Waals surface area contributed by atoms with Crippen molar-refractivity contribution in [1.29, 1.82) is 0 Å². The van der Waals surface area contributed by atoms with Crippen molar-refractivity contribution in [2.24, 2.45) is 7.05 Å². The number of likely N-dealkylation sites (N-methyl/N-ethyl adjacent to an activating group) is 1. The molecule has 5 heteroatoms. The zero-order valence-electron chi connectivity index (χ0n) is 10.6. The standard InChI is InChI=1S/C12H21ClN4/c1-14-8-10(17-6-4-3-5-7-17)11-12(13)15-9-16(11)2/h9-10,14H,3-8H2,1-2H3. The fraction of sp³-hybridized carbons (Fsp3) is 0.750. The Hall–Kier alpha value is -0.580. The van der Waals surface area contributed by atoms with Crippen LogP contribution in [0.15, 0.2) is 6.33 Å². The summed E-state index contributed by atoms with van der Waals surface area (Å²) in [4.78, 5) is 6.70. The zero-order valence-corrected chi connectivity index (χ0v) is 11.4. The van der Waals surface area contributed by atoms with E-state index in [4.69, 9.17) is 11.6 Å². The summed E-state index contributed by atoms with van der Waals surface area (Å²) >= 11 is 6.21. The van der Waals surface area contributed by atoms with Crippen LogP contribution in [-0.4, -0.2) is 41.1 Å². The van der Waals surface area contributed by atoms with Crippen molar-refractivity contribution in [2.75, 3.05) is 26.7 Å². The highest BCUT2D eigenvalue weighted by Crippen LogP contribution is 2.28. The van der Waals surface area contributed by atoms with E-state index in [2.05, 4.69) is 15.2 Å². The van der Waals surface area contributed by atoms with E-state index < -0.39 is 0 Å². The summed E-state index contributed by atoms with van der Waals surface area (Å²) in [6.45, 7) is 3.24. The molecule has 0 saturated carbocycles. The lowest BCUT2D eigenvalue weighted by molar-refractivity contribution is 0.157. The molecule has 1 aromatic rings. The van der Waals surface area contributed by atoms with Crippen LogP contribution in [0.4, 0.5) is 0 Å². The topological polar surface area (TPSA) is 33.1 Å². The number of nitrogens with zero attached hydrogens (tertiary/aromatic N) is 3. The van der Waals surface area contributed by atoms with Crippen molar-refractivity contribution in [3.63, 3.8) is 0 Å². The third-order valence-corrected chi connectivity index (χ3v) is 3.77. The second-order valence-electron chi connectivity index (χ2n) is 4.70. The fourth-order valence-corrected chi connectivity index (χ4v) is 2.91. The van der Waals surface area contributed by atoms with Crippen molar-refractivity contribution in [3.05, 3.63) is 17.2 Å². The minimum absolute atomic E-state index is 0.334. The molecular formula is C12H21ClN4. The highest BCUT2D eigenvalue weighted by atomic mass is 35.5. The van der Waals surface area contributed by atoms with E-state index >= 15 is 0 Å². The molecule has 96 valence electrons. The van der Waals surface area contributed by atoms with E-state index in [0.717, 1.165) is 25.3 Å². The molecule has 17 heavy (non-hydrogen) atoms. The summed E-state index contributed by atoms with van der Waals surface area (Å²) in [6.07, 6.45) is 5.72. The van der Waals surface area contributed by atoms with Crippen LogP contribution in [0.2, 0.25) is 5.15 Å². The van der Waals surface area contributed by atoms with Gasteiger partial charge in [-0.3, -0.25) is 4.90 Å². The number of imidazole rings is 1. The van der Waals surface area contributed by atoms with Crippen LogP contribution in [0.3, 0.4) is 0 Å². The molecule has 1 atom stereocenters. The van der Waals surface area contributed by atoms with Crippen LogP contribution in [0, 0.1) is 0 Å². The van der Waals surface area contributed by atoms with Crippen molar-refractivity contribution in [3.8, 4) is 0 Å². The summed E-state index contributed by atoms with van der Waals surface area (Å²) < 4.78 is 2.04. The second-order valence-corrected chi connectivity index (χ2v) is 5.06. The van der Waals surface area contributed by atoms with Gasteiger partial charge < -0.3 is 9.88 Å². The van der Waals surface area contributed by atoms with Crippen molar-refractivity contribution in [2.45, 2.75) is 25.3 Å². The molecule has 1 aromatic heterocycles. The molecule has 1 N–H and O–H groups in total. The number of halogens is 1. The molecule has 0 radical (unpaired) electrons. The van der Waals surface area contributed by atoms with Crippen LogP contribution in [0.25, 0.3) is 0 Å². The second kappa shape index (κ2) is 5.85. The third-order valence-electron chi connectivity index (χ3n) is 3.48. The molecule has 1 unspecified atom stereocenters. The summed E-state index contributed by atoms with van der Waals surface area (Å²) in [5.74, 6) is 0. The number of rotatable bonds is 4. The SMILES string of the molecule is CNCC(c1c(Cl)ncn1C)N1CCCCC1. The van der Waals surface area contributed by atoms with Gasteiger partial charge in [0.15, 0.2) is 5.15 Å². The lowest BCUT2D eigenvalue weighted by Gasteiger charge is -2.34. The highest BCUT2D eigenvalue weighted by molar-refractivity contribution is 6.30. The first-order chi connectivity index (χ1) is 8.24. The number of hydrogen-bond acceptors (Lipinski definition) is 3. The predicted octanol–water partition coefficient (Wildman–Crippen LogP) is 1.82. The van der Waals surface area contributed by atoms with E-state index in [1.807, 2.05) is 18.7 Å². The maximum absolute atomic E-state index is 6.21. The van der Waals surface area contributed by atoms with Gasteiger partial charge in [-0.25, -0.2) is 4.98 Å². The molecule has 4 nitrogen and oxygen atoms in total. The Morgan fingerprint density at radius 1 is 1.41 bits per heavy atom. The molecule has 1 fully saturated rings. The lowest BCUT2D eigenvalue weighted by atomic mass is 10.1. The smallest absolute Gasteiger partial charge is 0.151 e. The average Bonchev–Trinajstić information content (AvgIpc) is 2.68. The van der Waals surface area contributed by atoms with Gasteiger partial charge in [0.05, 0.1) is 18.1 Å². The Bertz CT molecular complexity index is 338. The summed E-state index contributed by atoms with van der Waals surface area (Å²) in [5.41, 5.74) is 1.13. The average molecular weight is 257 g/mol.